The van der Waals surface area contributed by atoms with Gasteiger partial charge >= 0.3 is 5.97 Å². The minimum atomic E-state index is -0.738. The molecule has 0 aliphatic heterocycles. The first kappa shape index (κ1) is 13.9. The van der Waals surface area contributed by atoms with Gasteiger partial charge in [0.25, 0.3) is 5.56 Å². The summed E-state index contributed by atoms with van der Waals surface area (Å²) < 4.78 is 10.5. The number of nitrogens with one attached hydrogen (secondary N) is 1. The maximum absolute atomic E-state index is 12.2. The Morgan fingerprint density at radius 3 is 2.41 bits per heavy atom. The largest absolute Gasteiger partial charge is 0.465 e. The molecule has 2 aromatic carbocycles. The number of pyridine rings is 1. The van der Waals surface area contributed by atoms with Crippen LogP contribution < -0.4 is 10.3 Å². The molecule has 0 fully saturated rings. The summed E-state index contributed by atoms with van der Waals surface area (Å²) >= 11 is 0. The minimum absolute atomic E-state index is 0.148. The fraction of sp³-hybridized carbons (Fsp3) is 0.0588. The fourth-order valence-corrected chi connectivity index (χ4v) is 2.21. The monoisotopic (exact) mass is 295 g/mol. The maximum Gasteiger partial charge on any atom is 0.347 e. The van der Waals surface area contributed by atoms with Crippen molar-refractivity contribution in [1.29, 1.82) is 0 Å². The van der Waals surface area contributed by atoms with E-state index in [1.54, 1.807) is 36.4 Å². The number of fused-ring (bicyclic) bond motifs is 1. The Bertz CT molecular complexity index is 884. The van der Waals surface area contributed by atoms with Crippen molar-refractivity contribution in [3.8, 4) is 11.5 Å². The number of ether oxygens (including phenoxy) is 2. The van der Waals surface area contributed by atoms with Crippen LogP contribution in [-0.4, -0.2) is 18.1 Å². The summed E-state index contributed by atoms with van der Waals surface area (Å²) in [7, 11) is 1.23. The number of carbonyl (C=O) groups is 1. The van der Waals surface area contributed by atoms with Crippen LogP contribution in [0.1, 0.15) is 10.4 Å². The predicted octanol–water partition coefficient (Wildman–Crippen LogP) is 3.11. The quantitative estimate of drug-likeness (QED) is 0.754. The highest BCUT2D eigenvalue weighted by atomic mass is 16.5. The van der Waals surface area contributed by atoms with Crippen molar-refractivity contribution in [3.05, 3.63) is 70.5 Å². The molecule has 3 rings (SSSR count). The molecule has 0 unspecified atom stereocenters. The highest BCUT2D eigenvalue weighted by Crippen LogP contribution is 2.31. The molecular formula is C17H13NO4. The molecule has 5 heteroatoms. The molecule has 0 atom stereocenters. The number of hydrogen-bond acceptors (Lipinski definition) is 4. The standard InChI is InChI=1S/C17H13NO4/c1-21-17(20)14-15(22-11-7-3-2-4-8-11)12-9-5-6-10-13(12)18-16(14)19/h2-10H,1H3,(H,18,19). The Morgan fingerprint density at radius 2 is 1.68 bits per heavy atom. The lowest BCUT2D eigenvalue weighted by atomic mass is 10.1. The molecule has 22 heavy (non-hydrogen) atoms. The van der Waals surface area contributed by atoms with Gasteiger partial charge in [0.1, 0.15) is 5.75 Å². The van der Waals surface area contributed by atoms with E-state index < -0.39 is 11.5 Å². The van der Waals surface area contributed by atoms with Crippen LogP contribution in [0.5, 0.6) is 11.5 Å². The molecule has 5 nitrogen and oxygen atoms in total. The third-order valence-corrected chi connectivity index (χ3v) is 3.23. The normalized spacial score (nSPS) is 10.4. The number of benzene rings is 2. The lowest BCUT2D eigenvalue weighted by molar-refractivity contribution is 0.0596. The molecule has 0 bridgehead atoms. The van der Waals surface area contributed by atoms with Crippen molar-refractivity contribution in [2.24, 2.45) is 0 Å². The molecule has 110 valence electrons. The number of aromatic nitrogens is 1. The Hall–Kier alpha value is -3.08. The number of esters is 1. The van der Waals surface area contributed by atoms with E-state index in [9.17, 15) is 9.59 Å². The Kier molecular flexibility index (Phi) is 3.62. The van der Waals surface area contributed by atoms with Crippen LogP contribution >= 0.6 is 0 Å². The average molecular weight is 295 g/mol. The van der Waals surface area contributed by atoms with E-state index >= 15 is 0 Å². The second-order valence-electron chi connectivity index (χ2n) is 4.61. The van der Waals surface area contributed by atoms with Gasteiger partial charge in [0, 0.05) is 5.39 Å². The van der Waals surface area contributed by atoms with Gasteiger partial charge in [-0.05, 0) is 24.3 Å². The van der Waals surface area contributed by atoms with Gasteiger partial charge in [0.2, 0.25) is 0 Å². The summed E-state index contributed by atoms with van der Waals surface area (Å²) in [6, 6.07) is 16.1. The fourth-order valence-electron chi connectivity index (χ4n) is 2.21. The van der Waals surface area contributed by atoms with Gasteiger partial charge in [-0.2, -0.15) is 0 Å². The lowest BCUT2D eigenvalue weighted by Crippen LogP contribution is -2.20. The summed E-state index contributed by atoms with van der Waals surface area (Å²) in [5.74, 6) is -0.0151. The van der Waals surface area contributed by atoms with Crippen LogP contribution in [0.15, 0.2) is 59.4 Å². The van der Waals surface area contributed by atoms with Crippen molar-refractivity contribution in [2.45, 2.75) is 0 Å². The van der Waals surface area contributed by atoms with E-state index in [2.05, 4.69) is 4.98 Å². The molecule has 0 aliphatic carbocycles. The summed E-state index contributed by atoms with van der Waals surface area (Å²) in [5.41, 5.74) is -0.104. The van der Waals surface area contributed by atoms with Gasteiger partial charge in [0.15, 0.2) is 11.3 Å². The number of methoxy groups -OCH3 is 1. The van der Waals surface area contributed by atoms with Crippen LogP contribution in [0.4, 0.5) is 0 Å². The van der Waals surface area contributed by atoms with E-state index in [0.717, 1.165) is 0 Å². The molecule has 0 radical (unpaired) electrons. The molecule has 1 heterocycles. The SMILES string of the molecule is COC(=O)c1c(Oc2ccccc2)c2ccccc2[nH]c1=O. The van der Waals surface area contributed by atoms with E-state index in [1.165, 1.54) is 7.11 Å². The van der Waals surface area contributed by atoms with Gasteiger partial charge in [-0.25, -0.2) is 4.79 Å². The van der Waals surface area contributed by atoms with Gasteiger partial charge in [-0.1, -0.05) is 30.3 Å². The van der Waals surface area contributed by atoms with Crippen molar-refractivity contribution >= 4 is 16.9 Å². The minimum Gasteiger partial charge on any atom is -0.465 e. The molecule has 0 amide bonds. The summed E-state index contributed by atoms with van der Waals surface area (Å²) in [4.78, 5) is 26.8. The summed E-state index contributed by atoms with van der Waals surface area (Å²) in [5, 5.41) is 0.631. The molecule has 3 aromatic rings. The maximum atomic E-state index is 12.2. The van der Waals surface area contributed by atoms with Gasteiger partial charge in [-0.15, -0.1) is 0 Å². The van der Waals surface area contributed by atoms with Gasteiger partial charge < -0.3 is 14.5 Å². The van der Waals surface area contributed by atoms with Gasteiger partial charge in [-0.3, -0.25) is 4.79 Å². The second-order valence-corrected chi connectivity index (χ2v) is 4.61. The Balaban J connectivity index is 2.28. The number of carbonyl (C=O) groups excluding carboxylic acids is 1. The highest BCUT2D eigenvalue weighted by molar-refractivity contribution is 5.99. The van der Waals surface area contributed by atoms with Crippen LogP contribution in [0, 0.1) is 0 Å². The van der Waals surface area contributed by atoms with Crippen molar-refractivity contribution in [3.63, 3.8) is 0 Å². The molecule has 0 aliphatic rings. The smallest absolute Gasteiger partial charge is 0.347 e. The zero-order valence-electron chi connectivity index (χ0n) is 11.8. The number of H-pyrrole nitrogens is 1. The number of aromatic amines is 1. The van der Waals surface area contributed by atoms with Crippen LogP contribution in [0.2, 0.25) is 0 Å². The topological polar surface area (TPSA) is 68.4 Å². The van der Waals surface area contributed by atoms with E-state index in [1.807, 2.05) is 18.2 Å². The molecule has 0 saturated carbocycles. The van der Waals surface area contributed by atoms with E-state index in [-0.39, 0.29) is 11.3 Å². The zero-order valence-corrected chi connectivity index (χ0v) is 11.8. The molecule has 0 saturated heterocycles. The van der Waals surface area contributed by atoms with E-state index in [4.69, 9.17) is 9.47 Å². The average Bonchev–Trinajstić information content (AvgIpc) is 2.55. The van der Waals surface area contributed by atoms with E-state index in [0.29, 0.717) is 16.7 Å². The highest BCUT2D eigenvalue weighted by Gasteiger charge is 2.21. The number of rotatable bonds is 3. The van der Waals surface area contributed by atoms with Crippen molar-refractivity contribution in [1.82, 2.24) is 4.98 Å². The summed E-state index contributed by atoms with van der Waals surface area (Å²) in [6.07, 6.45) is 0. The van der Waals surface area contributed by atoms with Crippen LogP contribution in [0.3, 0.4) is 0 Å². The molecule has 1 N–H and O–H groups in total. The van der Waals surface area contributed by atoms with Crippen molar-refractivity contribution < 1.29 is 14.3 Å². The second kappa shape index (κ2) is 5.73. The first-order chi connectivity index (χ1) is 10.7. The third-order valence-electron chi connectivity index (χ3n) is 3.23. The molecule has 0 spiro atoms. The lowest BCUT2D eigenvalue weighted by Gasteiger charge is -2.12. The van der Waals surface area contributed by atoms with Crippen molar-refractivity contribution in [2.75, 3.05) is 7.11 Å². The molecular weight excluding hydrogens is 282 g/mol. The molecule has 1 aromatic heterocycles. The van der Waals surface area contributed by atoms with Crippen LogP contribution in [0.25, 0.3) is 10.9 Å². The Labute approximate surface area is 126 Å². The predicted molar refractivity (Wildman–Crippen MR) is 82.4 cm³/mol. The first-order valence-electron chi connectivity index (χ1n) is 6.67. The van der Waals surface area contributed by atoms with Crippen LogP contribution in [-0.2, 0) is 4.74 Å². The first-order valence-corrected chi connectivity index (χ1v) is 6.67. The number of hydrogen-bond donors (Lipinski definition) is 1. The Morgan fingerprint density at radius 1 is 1.00 bits per heavy atom. The zero-order chi connectivity index (χ0) is 15.5. The summed E-state index contributed by atoms with van der Waals surface area (Å²) in [6.45, 7) is 0. The third kappa shape index (κ3) is 2.44. The van der Waals surface area contributed by atoms with Gasteiger partial charge in [0.05, 0.1) is 12.6 Å². The number of para-hydroxylation sites is 2.